The summed E-state index contributed by atoms with van der Waals surface area (Å²) in [5.41, 5.74) is -1.82. The highest BCUT2D eigenvalue weighted by atomic mass is 35.7. The lowest BCUT2D eigenvalue weighted by atomic mass is 10.1. The molecular formula is C8H4Cl3F3O2S. The van der Waals surface area contributed by atoms with Crippen molar-refractivity contribution in [2.75, 3.05) is 0 Å². The van der Waals surface area contributed by atoms with Gasteiger partial charge in [0.25, 0.3) is 0 Å². The topological polar surface area (TPSA) is 34.1 Å². The van der Waals surface area contributed by atoms with E-state index >= 15 is 0 Å². The van der Waals surface area contributed by atoms with Crippen LogP contribution >= 0.6 is 33.9 Å². The summed E-state index contributed by atoms with van der Waals surface area (Å²) >= 11 is 11.1. The molecule has 0 bridgehead atoms. The van der Waals surface area contributed by atoms with Gasteiger partial charge in [-0.2, -0.15) is 13.2 Å². The first kappa shape index (κ1) is 14.9. The van der Waals surface area contributed by atoms with Gasteiger partial charge in [0.2, 0.25) is 9.05 Å². The molecule has 17 heavy (non-hydrogen) atoms. The second kappa shape index (κ2) is 4.84. The lowest BCUT2D eigenvalue weighted by Crippen LogP contribution is -2.11. The first-order valence-electron chi connectivity index (χ1n) is 3.99. The molecule has 1 rings (SSSR count). The van der Waals surface area contributed by atoms with Crippen molar-refractivity contribution in [1.29, 1.82) is 0 Å². The van der Waals surface area contributed by atoms with Crippen LogP contribution in [-0.4, -0.2) is 8.42 Å². The number of alkyl halides is 3. The summed E-state index contributed by atoms with van der Waals surface area (Å²) in [6.45, 7) is 0. The fraction of sp³-hybridized carbons (Fsp3) is 0.250. The fourth-order valence-corrected chi connectivity index (χ4v) is 2.63. The minimum Gasteiger partial charge on any atom is -0.212 e. The molecule has 96 valence electrons. The van der Waals surface area contributed by atoms with Crippen LogP contribution in [0.2, 0.25) is 10.0 Å². The number of benzene rings is 1. The minimum absolute atomic E-state index is 0.171. The standard InChI is InChI=1S/C8H4Cl3F3O2S/c9-6-2-1-5(8(12,13)14)4(7(6)10)3-17(11,15)16/h1-2H,3H2. The summed E-state index contributed by atoms with van der Waals surface area (Å²) in [4.78, 5) is 0. The van der Waals surface area contributed by atoms with Crippen LogP contribution in [0.1, 0.15) is 11.1 Å². The van der Waals surface area contributed by atoms with E-state index in [1.165, 1.54) is 0 Å². The van der Waals surface area contributed by atoms with Gasteiger partial charge in [-0.15, -0.1) is 0 Å². The van der Waals surface area contributed by atoms with E-state index in [4.69, 9.17) is 33.9 Å². The van der Waals surface area contributed by atoms with E-state index < -0.39 is 37.1 Å². The zero-order valence-electron chi connectivity index (χ0n) is 7.85. The fourth-order valence-electron chi connectivity index (χ4n) is 1.17. The average molecular weight is 328 g/mol. The summed E-state index contributed by atoms with van der Waals surface area (Å²) in [5.74, 6) is -1.04. The highest BCUT2D eigenvalue weighted by molar-refractivity contribution is 8.13. The molecule has 0 spiro atoms. The van der Waals surface area contributed by atoms with Gasteiger partial charge in [0.1, 0.15) is 0 Å². The molecule has 0 aliphatic rings. The Morgan fingerprint density at radius 3 is 2.12 bits per heavy atom. The third kappa shape index (κ3) is 3.91. The van der Waals surface area contributed by atoms with E-state index in [2.05, 4.69) is 0 Å². The Morgan fingerprint density at radius 1 is 1.18 bits per heavy atom. The van der Waals surface area contributed by atoms with E-state index in [1.54, 1.807) is 0 Å². The van der Waals surface area contributed by atoms with Crippen molar-refractivity contribution in [3.8, 4) is 0 Å². The quantitative estimate of drug-likeness (QED) is 0.767. The van der Waals surface area contributed by atoms with Crippen LogP contribution in [0.5, 0.6) is 0 Å². The SMILES string of the molecule is O=S(=O)(Cl)Cc1c(C(F)(F)F)ccc(Cl)c1Cl. The summed E-state index contributed by atoms with van der Waals surface area (Å²) < 4.78 is 59.5. The molecule has 0 aliphatic carbocycles. The highest BCUT2D eigenvalue weighted by Crippen LogP contribution is 2.39. The Morgan fingerprint density at radius 2 is 1.71 bits per heavy atom. The van der Waals surface area contributed by atoms with Crippen LogP contribution in [0, 0.1) is 0 Å². The van der Waals surface area contributed by atoms with Gasteiger partial charge >= 0.3 is 6.18 Å². The molecule has 0 amide bonds. The zero-order chi connectivity index (χ0) is 13.4. The molecule has 0 heterocycles. The van der Waals surface area contributed by atoms with Crippen LogP contribution in [0.15, 0.2) is 12.1 Å². The Labute approximate surface area is 110 Å². The molecular weight excluding hydrogens is 324 g/mol. The van der Waals surface area contributed by atoms with Gasteiger partial charge in [0, 0.05) is 16.2 Å². The van der Waals surface area contributed by atoms with Crippen molar-refractivity contribution in [3.63, 3.8) is 0 Å². The molecule has 0 saturated carbocycles. The molecule has 0 saturated heterocycles. The first-order chi connectivity index (χ1) is 7.52. The lowest BCUT2D eigenvalue weighted by Gasteiger charge is -2.14. The van der Waals surface area contributed by atoms with Crippen LogP contribution < -0.4 is 0 Å². The molecule has 0 aromatic heterocycles. The van der Waals surface area contributed by atoms with Crippen LogP contribution in [0.3, 0.4) is 0 Å². The summed E-state index contributed by atoms with van der Waals surface area (Å²) in [6.07, 6.45) is -4.73. The maximum atomic E-state index is 12.6. The predicted octanol–water partition coefficient (Wildman–Crippen LogP) is 4.08. The molecule has 0 fully saturated rings. The van der Waals surface area contributed by atoms with E-state index in [0.29, 0.717) is 6.07 Å². The summed E-state index contributed by atoms with van der Waals surface area (Å²) in [5, 5.41) is -0.638. The van der Waals surface area contributed by atoms with Crippen molar-refractivity contribution in [2.45, 2.75) is 11.9 Å². The molecule has 0 radical (unpaired) electrons. The van der Waals surface area contributed by atoms with Gasteiger partial charge < -0.3 is 0 Å². The van der Waals surface area contributed by atoms with Gasteiger partial charge in [0.05, 0.1) is 21.4 Å². The van der Waals surface area contributed by atoms with Gasteiger partial charge in [-0.3, -0.25) is 0 Å². The molecule has 0 atom stereocenters. The van der Waals surface area contributed by atoms with Crippen molar-refractivity contribution in [3.05, 3.63) is 33.3 Å². The lowest BCUT2D eigenvalue weighted by molar-refractivity contribution is -0.138. The van der Waals surface area contributed by atoms with Crippen molar-refractivity contribution >= 4 is 42.9 Å². The van der Waals surface area contributed by atoms with Crippen molar-refractivity contribution in [1.82, 2.24) is 0 Å². The van der Waals surface area contributed by atoms with Crippen molar-refractivity contribution < 1.29 is 21.6 Å². The highest BCUT2D eigenvalue weighted by Gasteiger charge is 2.35. The van der Waals surface area contributed by atoms with Crippen LogP contribution in [-0.2, 0) is 21.0 Å². The molecule has 1 aromatic rings. The normalized spacial score (nSPS) is 12.8. The predicted molar refractivity (Wildman–Crippen MR) is 59.9 cm³/mol. The first-order valence-corrected chi connectivity index (χ1v) is 7.22. The monoisotopic (exact) mass is 326 g/mol. The number of hydrogen-bond donors (Lipinski definition) is 0. The van der Waals surface area contributed by atoms with Crippen LogP contribution in [0.4, 0.5) is 13.2 Å². The van der Waals surface area contributed by atoms with Crippen LogP contribution in [0.25, 0.3) is 0 Å². The largest absolute Gasteiger partial charge is 0.416 e. The molecule has 0 N–H and O–H groups in total. The van der Waals surface area contributed by atoms with E-state index in [1.807, 2.05) is 0 Å². The van der Waals surface area contributed by atoms with Gasteiger partial charge in [-0.25, -0.2) is 8.42 Å². The molecule has 0 unspecified atom stereocenters. The Balaban J connectivity index is 3.48. The Hall–Kier alpha value is -0.170. The van der Waals surface area contributed by atoms with E-state index in [9.17, 15) is 21.6 Å². The van der Waals surface area contributed by atoms with Gasteiger partial charge in [-0.05, 0) is 12.1 Å². The van der Waals surface area contributed by atoms with Crippen molar-refractivity contribution in [2.24, 2.45) is 0 Å². The van der Waals surface area contributed by atoms with Gasteiger partial charge in [0.15, 0.2) is 0 Å². The average Bonchev–Trinajstić information content (AvgIpc) is 2.08. The number of rotatable bonds is 2. The smallest absolute Gasteiger partial charge is 0.212 e. The maximum absolute atomic E-state index is 12.6. The molecule has 1 aromatic carbocycles. The minimum atomic E-state index is -4.73. The molecule has 9 heteroatoms. The second-order valence-corrected chi connectivity index (χ2v) is 6.63. The van der Waals surface area contributed by atoms with E-state index in [0.717, 1.165) is 6.07 Å². The number of halogens is 6. The zero-order valence-corrected chi connectivity index (χ0v) is 10.9. The molecule has 2 nitrogen and oxygen atoms in total. The molecule has 0 aliphatic heterocycles. The second-order valence-electron chi connectivity index (χ2n) is 3.07. The Bertz CT molecular complexity index is 540. The summed E-state index contributed by atoms with van der Waals surface area (Å²) in [6, 6.07) is 1.60. The third-order valence-electron chi connectivity index (χ3n) is 1.82. The van der Waals surface area contributed by atoms with E-state index in [-0.39, 0.29) is 5.02 Å². The maximum Gasteiger partial charge on any atom is 0.416 e. The third-order valence-corrected chi connectivity index (χ3v) is 3.62. The Kier molecular flexibility index (Phi) is 4.24. The number of hydrogen-bond acceptors (Lipinski definition) is 2. The van der Waals surface area contributed by atoms with Gasteiger partial charge in [-0.1, -0.05) is 23.2 Å². The summed E-state index contributed by atoms with van der Waals surface area (Å²) in [7, 11) is 0.747.